The molecule has 90 valence electrons. The van der Waals surface area contributed by atoms with Crippen LogP contribution in [0.15, 0.2) is 58.7 Å². The first-order valence-electron chi connectivity index (χ1n) is 5.95. The van der Waals surface area contributed by atoms with Gasteiger partial charge < -0.3 is 0 Å². The minimum Gasteiger partial charge on any atom is -0.159 e. The number of rotatable bonds is 3. The summed E-state index contributed by atoms with van der Waals surface area (Å²) in [7, 11) is 0. The Kier molecular flexibility index (Phi) is 4.02. The van der Waals surface area contributed by atoms with Gasteiger partial charge in [-0.2, -0.15) is 10.2 Å². The molecule has 18 heavy (non-hydrogen) atoms. The van der Waals surface area contributed by atoms with Crippen LogP contribution in [0.5, 0.6) is 0 Å². The van der Waals surface area contributed by atoms with Crippen molar-refractivity contribution < 1.29 is 0 Å². The third-order valence-corrected chi connectivity index (χ3v) is 2.84. The predicted octanol–water partition coefficient (Wildman–Crippen LogP) is 3.76. The zero-order chi connectivity index (χ0) is 12.8. The number of benzene rings is 2. The van der Waals surface area contributed by atoms with Gasteiger partial charge in [-0.15, -0.1) is 0 Å². The summed E-state index contributed by atoms with van der Waals surface area (Å²) in [6, 6.07) is 16.2. The third kappa shape index (κ3) is 3.14. The van der Waals surface area contributed by atoms with Gasteiger partial charge in [-0.3, -0.25) is 0 Å². The van der Waals surface area contributed by atoms with E-state index in [0.717, 1.165) is 11.1 Å². The van der Waals surface area contributed by atoms with Crippen molar-refractivity contribution in [2.45, 2.75) is 13.8 Å². The van der Waals surface area contributed by atoms with Gasteiger partial charge >= 0.3 is 0 Å². The molecule has 0 heterocycles. The van der Waals surface area contributed by atoms with Crippen molar-refractivity contribution in [3.05, 3.63) is 70.8 Å². The largest absolute Gasteiger partial charge is 0.159 e. The Hall–Kier alpha value is -2.22. The predicted molar refractivity (Wildman–Crippen MR) is 77.5 cm³/mol. The summed E-state index contributed by atoms with van der Waals surface area (Å²) < 4.78 is 0. The van der Waals surface area contributed by atoms with E-state index < -0.39 is 0 Å². The maximum Gasteiger partial charge on any atom is 0.0570 e. The van der Waals surface area contributed by atoms with Crippen molar-refractivity contribution >= 4 is 12.4 Å². The van der Waals surface area contributed by atoms with Crippen LogP contribution in [-0.4, -0.2) is 12.4 Å². The second kappa shape index (κ2) is 5.92. The molecule has 0 amide bonds. The van der Waals surface area contributed by atoms with E-state index in [4.69, 9.17) is 0 Å². The molecule has 0 fully saturated rings. The van der Waals surface area contributed by atoms with E-state index in [1.54, 1.807) is 12.4 Å². The van der Waals surface area contributed by atoms with Crippen LogP contribution < -0.4 is 0 Å². The van der Waals surface area contributed by atoms with Crippen molar-refractivity contribution in [2.75, 3.05) is 0 Å². The molecule has 2 rings (SSSR count). The number of nitrogens with zero attached hydrogens (tertiary/aromatic N) is 2. The zero-order valence-electron chi connectivity index (χ0n) is 10.7. The quantitative estimate of drug-likeness (QED) is 0.572. The van der Waals surface area contributed by atoms with Gasteiger partial charge in [-0.05, 0) is 36.1 Å². The molecule has 2 nitrogen and oxygen atoms in total. The Morgan fingerprint density at radius 2 is 1.06 bits per heavy atom. The first kappa shape index (κ1) is 12.2. The number of hydrogen-bond acceptors (Lipinski definition) is 2. The topological polar surface area (TPSA) is 24.7 Å². The third-order valence-electron chi connectivity index (χ3n) is 2.84. The molecule has 0 saturated heterocycles. The Bertz CT molecular complexity index is 530. The molecule has 2 aromatic carbocycles. The fourth-order valence-corrected chi connectivity index (χ4v) is 1.65. The molecule has 0 atom stereocenters. The molecule has 0 saturated carbocycles. The molecule has 0 aliphatic rings. The standard InChI is InChI=1S/C16H16N2/c1-13-7-3-5-9-15(13)11-17-18-12-16-10-6-4-8-14(16)2/h3-12H,1-2H3/b17-11-,18-12-. The van der Waals surface area contributed by atoms with Gasteiger partial charge in [0.2, 0.25) is 0 Å². The van der Waals surface area contributed by atoms with Crippen LogP contribution in [0.2, 0.25) is 0 Å². The smallest absolute Gasteiger partial charge is 0.0570 e. The van der Waals surface area contributed by atoms with Crippen LogP contribution in [0.4, 0.5) is 0 Å². The van der Waals surface area contributed by atoms with Gasteiger partial charge in [-0.25, -0.2) is 0 Å². The first-order valence-corrected chi connectivity index (χ1v) is 5.95. The highest BCUT2D eigenvalue weighted by Crippen LogP contribution is 2.05. The minimum atomic E-state index is 1.10. The van der Waals surface area contributed by atoms with Gasteiger partial charge in [-0.1, -0.05) is 48.5 Å². The van der Waals surface area contributed by atoms with Crippen LogP contribution >= 0.6 is 0 Å². The molecule has 0 aliphatic heterocycles. The number of hydrogen-bond donors (Lipinski definition) is 0. The number of aryl methyl sites for hydroxylation is 2. The first-order chi connectivity index (χ1) is 8.77. The highest BCUT2D eigenvalue weighted by molar-refractivity contribution is 5.84. The Morgan fingerprint density at radius 3 is 1.44 bits per heavy atom. The van der Waals surface area contributed by atoms with Gasteiger partial charge in [0.1, 0.15) is 0 Å². The molecule has 0 unspecified atom stereocenters. The van der Waals surface area contributed by atoms with Crippen LogP contribution in [0.1, 0.15) is 22.3 Å². The maximum atomic E-state index is 4.08. The zero-order valence-corrected chi connectivity index (χ0v) is 10.7. The summed E-state index contributed by atoms with van der Waals surface area (Å²) >= 11 is 0. The van der Waals surface area contributed by atoms with Gasteiger partial charge in [0.15, 0.2) is 0 Å². The average molecular weight is 236 g/mol. The molecular formula is C16H16N2. The van der Waals surface area contributed by atoms with E-state index in [1.165, 1.54) is 11.1 Å². The molecule has 0 spiro atoms. The average Bonchev–Trinajstić information content (AvgIpc) is 2.38. The lowest BCUT2D eigenvalue weighted by Gasteiger charge is -1.97. The highest BCUT2D eigenvalue weighted by atomic mass is 15.2. The van der Waals surface area contributed by atoms with Crippen LogP contribution in [0.25, 0.3) is 0 Å². The summed E-state index contributed by atoms with van der Waals surface area (Å²) in [5.41, 5.74) is 4.60. The molecule has 0 aromatic heterocycles. The minimum absolute atomic E-state index is 1.10. The van der Waals surface area contributed by atoms with E-state index in [2.05, 4.69) is 36.2 Å². The monoisotopic (exact) mass is 236 g/mol. The summed E-state index contributed by atoms with van der Waals surface area (Å²) in [5.74, 6) is 0. The molecule has 2 aromatic rings. The Balaban J connectivity index is 2.08. The molecule has 0 radical (unpaired) electrons. The van der Waals surface area contributed by atoms with Crippen molar-refractivity contribution in [2.24, 2.45) is 10.2 Å². The van der Waals surface area contributed by atoms with E-state index in [-0.39, 0.29) is 0 Å². The van der Waals surface area contributed by atoms with Gasteiger partial charge in [0.05, 0.1) is 12.4 Å². The summed E-state index contributed by atoms with van der Waals surface area (Å²) in [6.45, 7) is 4.12. The normalized spacial score (nSPS) is 11.4. The second-order valence-corrected chi connectivity index (χ2v) is 4.20. The van der Waals surface area contributed by atoms with Gasteiger partial charge in [0, 0.05) is 0 Å². The fourth-order valence-electron chi connectivity index (χ4n) is 1.65. The Morgan fingerprint density at radius 1 is 0.667 bits per heavy atom. The fraction of sp³-hybridized carbons (Fsp3) is 0.125. The van der Waals surface area contributed by atoms with E-state index >= 15 is 0 Å². The van der Waals surface area contributed by atoms with Crippen LogP contribution in [0.3, 0.4) is 0 Å². The van der Waals surface area contributed by atoms with Crippen molar-refractivity contribution in [1.29, 1.82) is 0 Å². The van der Waals surface area contributed by atoms with E-state index in [1.807, 2.05) is 36.4 Å². The lowest BCUT2D eigenvalue weighted by Crippen LogP contribution is -1.86. The van der Waals surface area contributed by atoms with E-state index in [9.17, 15) is 0 Å². The summed E-state index contributed by atoms with van der Waals surface area (Å²) in [5, 5.41) is 8.17. The lowest BCUT2D eigenvalue weighted by molar-refractivity contribution is 1.26. The van der Waals surface area contributed by atoms with Crippen LogP contribution in [-0.2, 0) is 0 Å². The molecule has 2 heteroatoms. The Labute approximate surface area is 108 Å². The molecular weight excluding hydrogens is 220 g/mol. The second-order valence-electron chi connectivity index (χ2n) is 4.20. The highest BCUT2D eigenvalue weighted by Gasteiger charge is 1.92. The van der Waals surface area contributed by atoms with Crippen LogP contribution in [0, 0.1) is 13.8 Å². The van der Waals surface area contributed by atoms with Crippen molar-refractivity contribution in [1.82, 2.24) is 0 Å². The SMILES string of the molecule is Cc1ccccc1/C=N\N=C/c1ccccc1C. The summed E-state index contributed by atoms with van der Waals surface area (Å²) in [4.78, 5) is 0. The molecule has 0 aliphatic carbocycles. The maximum absolute atomic E-state index is 4.08. The lowest BCUT2D eigenvalue weighted by atomic mass is 10.1. The van der Waals surface area contributed by atoms with E-state index in [0.29, 0.717) is 0 Å². The molecule has 0 N–H and O–H groups in total. The van der Waals surface area contributed by atoms with Crippen molar-refractivity contribution in [3.63, 3.8) is 0 Å². The molecule has 0 bridgehead atoms. The van der Waals surface area contributed by atoms with Gasteiger partial charge in [0.25, 0.3) is 0 Å². The summed E-state index contributed by atoms with van der Waals surface area (Å²) in [6.07, 6.45) is 3.56. The van der Waals surface area contributed by atoms with Crippen molar-refractivity contribution in [3.8, 4) is 0 Å².